The summed E-state index contributed by atoms with van der Waals surface area (Å²) in [4.78, 5) is 29.2. The van der Waals surface area contributed by atoms with E-state index in [4.69, 9.17) is 4.74 Å². The van der Waals surface area contributed by atoms with E-state index in [2.05, 4.69) is 4.98 Å². The van der Waals surface area contributed by atoms with Gasteiger partial charge in [-0.3, -0.25) is 4.79 Å². The summed E-state index contributed by atoms with van der Waals surface area (Å²) in [6, 6.07) is -0.759. The van der Waals surface area contributed by atoms with Crippen LogP contribution in [0.3, 0.4) is 0 Å². The number of thiazole rings is 1. The number of halogens is 3. The summed E-state index contributed by atoms with van der Waals surface area (Å²) >= 11 is 0.634. The van der Waals surface area contributed by atoms with E-state index >= 15 is 0 Å². The van der Waals surface area contributed by atoms with Crippen molar-refractivity contribution in [2.45, 2.75) is 26.1 Å². The Hall–Kier alpha value is -1.64. The minimum Gasteiger partial charge on any atom is -0.467 e. The molecule has 1 aromatic heterocycles. The van der Waals surface area contributed by atoms with Crippen LogP contribution < -0.4 is 0 Å². The Kier molecular flexibility index (Phi) is 3.48. The molecule has 23 heavy (non-hydrogen) atoms. The van der Waals surface area contributed by atoms with Crippen molar-refractivity contribution < 1.29 is 27.5 Å². The number of carbonyl (C=O) groups is 2. The molecule has 1 aliphatic heterocycles. The van der Waals surface area contributed by atoms with Crippen LogP contribution in [0, 0.1) is 17.3 Å². The van der Waals surface area contributed by atoms with E-state index in [0.717, 1.165) is 5.38 Å². The molecule has 0 spiro atoms. The molecule has 1 amide bonds. The number of likely N-dealkylation sites (tertiary alicyclic amines) is 1. The number of nitrogens with zero attached hydrogens (tertiary/aromatic N) is 2. The van der Waals surface area contributed by atoms with Crippen molar-refractivity contribution in [3.8, 4) is 0 Å². The number of hydrogen-bond acceptors (Lipinski definition) is 5. The molecule has 0 unspecified atom stereocenters. The summed E-state index contributed by atoms with van der Waals surface area (Å²) in [5, 5.41) is 0.548. The molecule has 1 saturated heterocycles. The van der Waals surface area contributed by atoms with Crippen LogP contribution in [0.15, 0.2) is 5.38 Å². The summed E-state index contributed by atoms with van der Waals surface area (Å²) in [5.41, 5.74) is -1.17. The third-order valence-corrected chi connectivity index (χ3v) is 5.72. The zero-order valence-electron chi connectivity index (χ0n) is 12.7. The second-order valence-corrected chi connectivity index (χ2v) is 7.27. The van der Waals surface area contributed by atoms with E-state index in [1.54, 1.807) is 0 Å². The lowest BCUT2D eigenvalue weighted by molar-refractivity contribution is -0.146. The quantitative estimate of drug-likeness (QED) is 0.770. The Bertz CT molecular complexity index is 670. The van der Waals surface area contributed by atoms with Crippen molar-refractivity contribution in [3.63, 3.8) is 0 Å². The molecule has 0 N–H and O–H groups in total. The van der Waals surface area contributed by atoms with E-state index in [0.29, 0.717) is 17.9 Å². The van der Waals surface area contributed by atoms with Crippen LogP contribution in [0.1, 0.15) is 29.3 Å². The maximum absolute atomic E-state index is 12.6. The first-order valence-corrected chi connectivity index (χ1v) is 7.88. The number of amides is 1. The van der Waals surface area contributed by atoms with Gasteiger partial charge in [0.2, 0.25) is 0 Å². The molecular formula is C14H15F3N2O3S. The Balaban J connectivity index is 1.85. The van der Waals surface area contributed by atoms with Crippen molar-refractivity contribution in [3.05, 3.63) is 16.1 Å². The highest BCUT2D eigenvalue weighted by molar-refractivity contribution is 7.11. The van der Waals surface area contributed by atoms with Crippen molar-refractivity contribution in [2.24, 2.45) is 17.3 Å². The molecule has 0 radical (unpaired) electrons. The van der Waals surface area contributed by atoms with Crippen molar-refractivity contribution in [1.82, 2.24) is 9.88 Å². The number of aromatic nitrogens is 1. The highest BCUT2D eigenvalue weighted by Crippen LogP contribution is 2.65. The van der Waals surface area contributed by atoms with Crippen molar-refractivity contribution >= 4 is 23.2 Å². The fraction of sp³-hybridized carbons (Fsp3) is 0.643. The smallest absolute Gasteiger partial charge is 0.434 e. The Morgan fingerprint density at radius 1 is 1.43 bits per heavy atom. The maximum atomic E-state index is 12.6. The second kappa shape index (κ2) is 4.93. The van der Waals surface area contributed by atoms with Crippen molar-refractivity contribution in [1.29, 1.82) is 0 Å². The van der Waals surface area contributed by atoms with Gasteiger partial charge in [-0.05, 0) is 11.3 Å². The first-order valence-electron chi connectivity index (χ1n) is 7.00. The lowest BCUT2D eigenvalue weighted by Gasteiger charge is -2.28. The number of rotatable bonds is 2. The summed E-state index contributed by atoms with van der Waals surface area (Å²) in [6.07, 6.45) is -4.59. The summed E-state index contributed by atoms with van der Waals surface area (Å²) in [7, 11) is 1.23. The van der Waals surface area contributed by atoms with E-state index < -0.39 is 29.8 Å². The van der Waals surface area contributed by atoms with E-state index in [9.17, 15) is 22.8 Å². The predicted molar refractivity (Wildman–Crippen MR) is 74.7 cm³/mol. The summed E-state index contributed by atoms with van der Waals surface area (Å²) < 4.78 is 42.6. The average Bonchev–Trinajstić information content (AvgIpc) is 2.94. The highest BCUT2D eigenvalue weighted by atomic mass is 32.1. The number of ether oxygens (including phenoxy) is 1. The molecule has 0 aromatic carbocycles. The molecular weight excluding hydrogens is 333 g/mol. The average molecular weight is 348 g/mol. The standard InChI is InChI=1S/C14H15F3N2O3S/c1-13(2)6-4-19(9(8(6)13)12(21)22-3)11(20)10-18-7(5-23-10)14(15,16)17/h5-6,8-9H,4H2,1-3H3/t6-,8-,9-/m0/s1. The largest absolute Gasteiger partial charge is 0.467 e. The minimum atomic E-state index is -4.59. The number of carbonyl (C=O) groups excluding carboxylic acids is 2. The normalized spacial score (nSPS) is 28.4. The molecule has 9 heteroatoms. The number of piperidine rings is 1. The minimum absolute atomic E-state index is 0.0269. The Morgan fingerprint density at radius 3 is 2.61 bits per heavy atom. The van der Waals surface area contributed by atoms with Gasteiger partial charge in [-0.25, -0.2) is 9.78 Å². The van der Waals surface area contributed by atoms with Crippen LogP contribution in [0.2, 0.25) is 0 Å². The van der Waals surface area contributed by atoms with Gasteiger partial charge in [0.1, 0.15) is 6.04 Å². The zero-order valence-corrected chi connectivity index (χ0v) is 13.5. The highest BCUT2D eigenvalue weighted by Gasteiger charge is 2.69. The molecule has 0 bridgehead atoms. The van der Waals surface area contributed by atoms with Crippen LogP contribution >= 0.6 is 11.3 Å². The van der Waals surface area contributed by atoms with Crippen LogP contribution in [-0.4, -0.2) is 41.5 Å². The number of methoxy groups -OCH3 is 1. The number of alkyl halides is 3. The van der Waals surface area contributed by atoms with Gasteiger partial charge in [0.15, 0.2) is 10.7 Å². The molecule has 5 nitrogen and oxygen atoms in total. The molecule has 1 aromatic rings. The Labute approximate surface area is 134 Å². The van der Waals surface area contributed by atoms with E-state index in [1.807, 2.05) is 13.8 Å². The van der Waals surface area contributed by atoms with Gasteiger partial charge in [0, 0.05) is 17.8 Å². The van der Waals surface area contributed by atoms with Gasteiger partial charge in [0.05, 0.1) is 7.11 Å². The first kappa shape index (κ1) is 16.2. The molecule has 3 atom stereocenters. The van der Waals surface area contributed by atoms with Gasteiger partial charge in [-0.2, -0.15) is 13.2 Å². The monoisotopic (exact) mass is 348 g/mol. The molecule has 126 valence electrons. The van der Waals surface area contributed by atoms with Gasteiger partial charge >= 0.3 is 12.1 Å². The fourth-order valence-electron chi connectivity index (χ4n) is 3.51. The van der Waals surface area contributed by atoms with Gasteiger partial charge in [0.25, 0.3) is 5.91 Å². The molecule has 2 fully saturated rings. The first-order chi connectivity index (χ1) is 10.6. The lowest BCUT2D eigenvalue weighted by atomic mass is 10.0. The number of hydrogen-bond donors (Lipinski definition) is 0. The predicted octanol–water partition coefficient (Wildman–Crippen LogP) is 2.43. The van der Waals surface area contributed by atoms with Crippen LogP contribution in [0.4, 0.5) is 13.2 Å². The zero-order chi connectivity index (χ0) is 17.2. The third-order valence-electron chi connectivity index (χ3n) is 4.89. The molecule has 1 saturated carbocycles. The second-order valence-electron chi connectivity index (χ2n) is 6.41. The van der Waals surface area contributed by atoms with Crippen LogP contribution in [-0.2, 0) is 15.7 Å². The van der Waals surface area contributed by atoms with Gasteiger partial charge in [-0.1, -0.05) is 13.8 Å². The maximum Gasteiger partial charge on any atom is 0.434 e. The fourth-order valence-corrected chi connectivity index (χ4v) is 4.29. The van der Waals surface area contributed by atoms with Gasteiger partial charge in [-0.15, -0.1) is 11.3 Å². The Morgan fingerprint density at radius 2 is 2.09 bits per heavy atom. The summed E-state index contributed by atoms with van der Waals surface area (Å²) in [5.74, 6) is -1.06. The lowest BCUT2D eigenvalue weighted by Crippen LogP contribution is -2.45. The molecule has 2 aliphatic rings. The third kappa shape index (κ3) is 2.41. The summed E-state index contributed by atoms with van der Waals surface area (Å²) in [6.45, 7) is 4.34. The molecule has 2 heterocycles. The molecule has 1 aliphatic carbocycles. The van der Waals surface area contributed by atoms with Crippen LogP contribution in [0.25, 0.3) is 0 Å². The number of esters is 1. The van der Waals surface area contributed by atoms with Crippen molar-refractivity contribution in [2.75, 3.05) is 13.7 Å². The molecule has 3 rings (SSSR count). The van der Waals surface area contributed by atoms with Gasteiger partial charge < -0.3 is 9.64 Å². The van der Waals surface area contributed by atoms with E-state index in [-0.39, 0.29) is 22.3 Å². The van der Waals surface area contributed by atoms with Crippen LogP contribution in [0.5, 0.6) is 0 Å². The SMILES string of the molecule is COC(=O)[C@@H]1[C@@H]2[C@H](CN1C(=O)c1nc(C(F)(F)F)cs1)C2(C)C. The number of fused-ring (bicyclic) bond motifs is 1. The topological polar surface area (TPSA) is 59.5 Å². The van der Waals surface area contributed by atoms with E-state index in [1.165, 1.54) is 12.0 Å².